The molecular formula is C16H31N3O4S. The molecule has 0 aromatic heterocycles. The van der Waals surface area contributed by atoms with Gasteiger partial charge in [0.05, 0.1) is 12.4 Å². The van der Waals surface area contributed by atoms with Gasteiger partial charge in [0, 0.05) is 38.1 Å². The lowest BCUT2D eigenvalue weighted by molar-refractivity contribution is -0.127. The molecule has 2 aliphatic heterocycles. The van der Waals surface area contributed by atoms with Crippen LogP contribution < -0.4 is 10.6 Å². The summed E-state index contributed by atoms with van der Waals surface area (Å²) < 4.78 is 30.6. The van der Waals surface area contributed by atoms with Gasteiger partial charge in [0.15, 0.2) is 0 Å². The first-order valence-corrected chi connectivity index (χ1v) is 10.5. The van der Waals surface area contributed by atoms with Crippen molar-refractivity contribution in [1.82, 2.24) is 14.9 Å². The van der Waals surface area contributed by atoms with Gasteiger partial charge in [-0.15, -0.1) is 0 Å². The van der Waals surface area contributed by atoms with Gasteiger partial charge in [-0.05, 0) is 45.7 Å². The predicted octanol–water partition coefficient (Wildman–Crippen LogP) is 0.181. The van der Waals surface area contributed by atoms with Gasteiger partial charge in [-0.3, -0.25) is 4.79 Å². The maximum atomic E-state index is 12.5. The number of methoxy groups -OCH3 is 1. The minimum atomic E-state index is -3.14. The molecule has 0 aromatic rings. The number of sulfonamides is 1. The van der Waals surface area contributed by atoms with Gasteiger partial charge in [0.1, 0.15) is 0 Å². The van der Waals surface area contributed by atoms with Crippen LogP contribution in [0.3, 0.4) is 0 Å². The standard InChI is InChI=1S/C16H31N3O4S/c1-3-24(21,22)19-10-4-14(5-11-19)15(20)18-12-16(13-23-2)6-8-17-9-7-16/h14,17H,3-13H2,1-2H3,(H,18,20). The number of nitrogens with one attached hydrogen (secondary N) is 2. The maximum Gasteiger partial charge on any atom is 0.223 e. The zero-order valence-electron chi connectivity index (χ0n) is 14.8. The smallest absolute Gasteiger partial charge is 0.223 e. The van der Waals surface area contributed by atoms with Crippen molar-refractivity contribution in [3.05, 3.63) is 0 Å². The quantitative estimate of drug-likeness (QED) is 0.675. The number of hydrogen-bond donors (Lipinski definition) is 2. The molecule has 7 nitrogen and oxygen atoms in total. The highest BCUT2D eigenvalue weighted by atomic mass is 32.2. The van der Waals surface area contributed by atoms with Crippen LogP contribution in [0.15, 0.2) is 0 Å². The van der Waals surface area contributed by atoms with Crippen LogP contribution in [0.1, 0.15) is 32.6 Å². The SMILES string of the molecule is CCS(=O)(=O)N1CCC(C(=O)NCC2(COC)CCNCC2)CC1. The minimum absolute atomic E-state index is 0.0158. The summed E-state index contributed by atoms with van der Waals surface area (Å²) >= 11 is 0. The van der Waals surface area contributed by atoms with Crippen LogP contribution in [0, 0.1) is 11.3 Å². The largest absolute Gasteiger partial charge is 0.384 e. The van der Waals surface area contributed by atoms with Crippen LogP contribution in [-0.4, -0.2) is 70.8 Å². The summed E-state index contributed by atoms with van der Waals surface area (Å²) in [7, 11) is -1.43. The number of carbonyl (C=O) groups is 1. The average Bonchev–Trinajstić information content (AvgIpc) is 2.61. The van der Waals surface area contributed by atoms with Gasteiger partial charge >= 0.3 is 0 Å². The Labute approximate surface area is 145 Å². The zero-order chi connectivity index (χ0) is 17.6. The monoisotopic (exact) mass is 361 g/mol. The highest BCUT2D eigenvalue weighted by Crippen LogP contribution is 2.28. The van der Waals surface area contributed by atoms with Crippen molar-refractivity contribution in [2.24, 2.45) is 11.3 Å². The van der Waals surface area contributed by atoms with E-state index in [0.717, 1.165) is 25.9 Å². The molecule has 0 radical (unpaired) electrons. The van der Waals surface area contributed by atoms with E-state index in [1.54, 1.807) is 14.0 Å². The summed E-state index contributed by atoms with van der Waals surface area (Å²) in [5, 5.41) is 6.44. The molecule has 2 fully saturated rings. The second kappa shape index (κ2) is 8.60. The van der Waals surface area contributed by atoms with Gasteiger partial charge in [-0.1, -0.05) is 0 Å². The molecule has 2 N–H and O–H groups in total. The second-order valence-corrected chi connectivity index (χ2v) is 9.23. The third-order valence-electron chi connectivity index (χ3n) is 5.34. The van der Waals surface area contributed by atoms with Crippen molar-refractivity contribution in [2.75, 3.05) is 52.2 Å². The third-order valence-corrected chi connectivity index (χ3v) is 7.22. The van der Waals surface area contributed by atoms with Crippen molar-refractivity contribution in [2.45, 2.75) is 32.6 Å². The molecule has 8 heteroatoms. The van der Waals surface area contributed by atoms with Crippen molar-refractivity contribution in [1.29, 1.82) is 0 Å². The number of carbonyl (C=O) groups excluding carboxylic acids is 1. The first-order chi connectivity index (χ1) is 11.4. The molecule has 0 spiro atoms. The van der Waals surface area contributed by atoms with Gasteiger partial charge < -0.3 is 15.4 Å². The number of piperidine rings is 2. The summed E-state index contributed by atoms with van der Waals surface area (Å²) in [6, 6.07) is 0. The van der Waals surface area contributed by atoms with Gasteiger partial charge in [-0.25, -0.2) is 12.7 Å². The highest BCUT2D eigenvalue weighted by molar-refractivity contribution is 7.89. The normalized spacial score (nSPS) is 23.1. The van der Waals surface area contributed by atoms with E-state index >= 15 is 0 Å². The van der Waals surface area contributed by atoms with Crippen LogP contribution in [0.25, 0.3) is 0 Å². The van der Waals surface area contributed by atoms with Gasteiger partial charge in [0.2, 0.25) is 15.9 Å². The molecule has 24 heavy (non-hydrogen) atoms. The molecule has 0 aromatic carbocycles. The fourth-order valence-electron chi connectivity index (χ4n) is 3.63. The van der Waals surface area contributed by atoms with E-state index < -0.39 is 10.0 Å². The zero-order valence-corrected chi connectivity index (χ0v) is 15.7. The lowest BCUT2D eigenvalue weighted by Gasteiger charge is -2.38. The average molecular weight is 362 g/mol. The lowest BCUT2D eigenvalue weighted by atomic mass is 9.79. The van der Waals surface area contributed by atoms with E-state index in [1.165, 1.54) is 4.31 Å². The van der Waals surface area contributed by atoms with Crippen LogP contribution in [0.5, 0.6) is 0 Å². The molecule has 2 rings (SSSR count). The van der Waals surface area contributed by atoms with E-state index in [9.17, 15) is 13.2 Å². The molecule has 1 amide bonds. The highest BCUT2D eigenvalue weighted by Gasteiger charge is 2.34. The molecule has 0 saturated carbocycles. The molecular weight excluding hydrogens is 330 g/mol. The topological polar surface area (TPSA) is 87.7 Å². The lowest BCUT2D eigenvalue weighted by Crippen LogP contribution is -2.49. The van der Waals surface area contributed by atoms with Crippen molar-refractivity contribution >= 4 is 15.9 Å². The number of rotatable bonds is 7. The maximum absolute atomic E-state index is 12.5. The van der Waals surface area contributed by atoms with Crippen LogP contribution in [0.4, 0.5) is 0 Å². The van der Waals surface area contributed by atoms with Crippen molar-refractivity contribution in [3.63, 3.8) is 0 Å². The molecule has 2 heterocycles. The molecule has 0 unspecified atom stereocenters. The Morgan fingerprint density at radius 1 is 1.29 bits per heavy atom. The molecule has 0 bridgehead atoms. The fourth-order valence-corrected chi connectivity index (χ4v) is 4.77. The number of hydrogen-bond acceptors (Lipinski definition) is 5. The number of nitrogens with zero attached hydrogens (tertiary/aromatic N) is 1. The predicted molar refractivity (Wildman–Crippen MR) is 93.2 cm³/mol. The van der Waals surface area contributed by atoms with Gasteiger partial charge in [-0.2, -0.15) is 0 Å². The Balaban J connectivity index is 1.83. The molecule has 2 saturated heterocycles. The number of ether oxygens (including phenoxy) is 1. The van der Waals surface area contributed by atoms with Crippen molar-refractivity contribution < 1.29 is 17.9 Å². The first-order valence-electron chi connectivity index (χ1n) is 8.88. The first kappa shape index (κ1) is 19.6. The van der Waals surface area contributed by atoms with E-state index in [0.29, 0.717) is 39.1 Å². The fraction of sp³-hybridized carbons (Fsp3) is 0.938. The minimum Gasteiger partial charge on any atom is -0.384 e. The summed E-state index contributed by atoms with van der Waals surface area (Å²) in [4.78, 5) is 12.5. The summed E-state index contributed by atoms with van der Waals surface area (Å²) in [5.74, 6) is 0.0874. The Hall–Kier alpha value is -0.700. The van der Waals surface area contributed by atoms with E-state index in [2.05, 4.69) is 10.6 Å². The Morgan fingerprint density at radius 2 is 1.92 bits per heavy atom. The summed E-state index contributed by atoms with van der Waals surface area (Å²) in [6.07, 6.45) is 3.19. The summed E-state index contributed by atoms with van der Waals surface area (Å²) in [5.41, 5.74) is 0.0158. The van der Waals surface area contributed by atoms with E-state index in [1.807, 2.05) is 0 Å². The van der Waals surface area contributed by atoms with Gasteiger partial charge in [0.25, 0.3) is 0 Å². The van der Waals surface area contributed by atoms with E-state index in [4.69, 9.17) is 4.74 Å². The van der Waals surface area contributed by atoms with Crippen LogP contribution >= 0.6 is 0 Å². The Kier molecular flexibility index (Phi) is 7.03. The molecule has 140 valence electrons. The number of amides is 1. The van der Waals surface area contributed by atoms with Crippen LogP contribution in [0.2, 0.25) is 0 Å². The molecule has 0 atom stereocenters. The van der Waals surface area contributed by atoms with E-state index in [-0.39, 0.29) is 23.0 Å². The van der Waals surface area contributed by atoms with Crippen LogP contribution in [-0.2, 0) is 19.6 Å². The van der Waals surface area contributed by atoms with Crippen molar-refractivity contribution in [3.8, 4) is 0 Å². The Morgan fingerprint density at radius 3 is 2.46 bits per heavy atom. The molecule has 2 aliphatic rings. The Bertz CT molecular complexity index is 504. The second-order valence-electron chi connectivity index (χ2n) is 6.97. The summed E-state index contributed by atoms with van der Waals surface area (Å²) in [6.45, 7) is 5.74. The third kappa shape index (κ3) is 4.91. The molecule has 0 aliphatic carbocycles.